The van der Waals surface area contributed by atoms with Crippen LogP contribution in [0.4, 0.5) is 0 Å². The number of likely N-dealkylation sites (tertiary alicyclic amines) is 1. The summed E-state index contributed by atoms with van der Waals surface area (Å²) in [6, 6.07) is 18.0. The number of halogens is 1. The normalized spacial score (nSPS) is 17.9. The first-order valence-electron chi connectivity index (χ1n) is 9.44. The molecule has 1 unspecified atom stereocenters. The zero-order valence-electron chi connectivity index (χ0n) is 15.8. The molecular weight excluding hydrogens is 360 g/mol. The van der Waals surface area contributed by atoms with Gasteiger partial charge in [0.2, 0.25) is 0 Å². The third-order valence-corrected chi connectivity index (χ3v) is 6.33. The predicted molar refractivity (Wildman–Crippen MR) is 114 cm³/mol. The Morgan fingerprint density at radius 3 is 2.19 bits per heavy atom. The average Bonchev–Trinajstić information content (AvgIpc) is 3.07. The molecule has 0 aromatic heterocycles. The minimum Gasteiger partial charge on any atom is -0.303 e. The van der Waals surface area contributed by atoms with E-state index < -0.39 is 0 Å². The van der Waals surface area contributed by atoms with Crippen LogP contribution in [-0.2, 0) is 13.1 Å². The lowest BCUT2D eigenvalue weighted by Crippen LogP contribution is -2.31. The van der Waals surface area contributed by atoms with Crippen molar-refractivity contribution >= 4 is 23.4 Å². The van der Waals surface area contributed by atoms with E-state index in [-0.39, 0.29) is 0 Å². The second-order valence-corrected chi connectivity index (χ2v) is 8.57. The smallest absolute Gasteiger partial charge is 0.0406 e. The number of thioether (sulfide) groups is 1. The molecule has 1 heterocycles. The van der Waals surface area contributed by atoms with Crippen molar-refractivity contribution < 1.29 is 0 Å². The third kappa shape index (κ3) is 5.75. The van der Waals surface area contributed by atoms with E-state index in [0.29, 0.717) is 0 Å². The van der Waals surface area contributed by atoms with Gasteiger partial charge in [0.25, 0.3) is 0 Å². The van der Waals surface area contributed by atoms with E-state index >= 15 is 0 Å². The number of hydrogen-bond acceptors (Lipinski definition) is 3. The van der Waals surface area contributed by atoms with E-state index in [9.17, 15) is 0 Å². The maximum atomic E-state index is 6.05. The fraction of sp³-hybridized carbons (Fsp3) is 0.455. The van der Waals surface area contributed by atoms with Crippen LogP contribution in [0, 0.1) is 0 Å². The van der Waals surface area contributed by atoms with Crippen LogP contribution in [0.3, 0.4) is 0 Å². The molecule has 2 aromatic rings. The summed E-state index contributed by atoms with van der Waals surface area (Å²) >= 11 is 7.84. The molecule has 26 heavy (non-hydrogen) atoms. The van der Waals surface area contributed by atoms with E-state index in [1.807, 2.05) is 12.1 Å². The first-order valence-corrected chi connectivity index (χ1v) is 11.0. The first-order chi connectivity index (χ1) is 12.6. The summed E-state index contributed by atoms with van der Waals surface area (Å²) in [5.41, 5.74) is 2.71. The van der Waals surface area contributed by atoms with Crippen LogP contribution >= 0.6 is 23.4 Å². The Morgan fingerprint density at radius 2 is 1.65 bits per heavy atom. The Kier molecular flexibility index (Phi) is 7.44. The predicted octanol–water partition coefficient (Wildman–Crippen LogP) is 5.55. The molecule has 1 aliphatic rings. The third-order valence-electron chi connectivity index (χ3n) is 5.33. The van der Waals surface area contributed by atoms with Crippen molar-refractivity contribution in [3.8, 4) is 0 Å². The Hall–Kier alpha value is -1.00. The molecule has 1 saturated heterocycles. The number of hydrogen-bond donors (Lipinski definition) is 0. The molecule has 0 bridgehead atoms. The summed E-state index contributed by atoms with van der Waals surface area (Å²) in [4.78, 5) is 6.42. The van der Waals surface area contributed by atoms with Gasteiger partial charge in [0.1, 0.15) is 0 Å². The fourth-order valence-corrected chi connectivity index (χ4v) is 4.26. The van der Waals surface area contributed by atoms with Crippen molar-refractivity contribution in [3.63, 3.8) is 0 Å². The molecule has 4 heteroatoms. The average molecular weight is 389 g/mol. The topological polar surface area (TPSA) is 6.48 Å². The zero-order valence-corrected chi connectivity index (χ0v) is 17.4. The van der Waals surface area contributed by atoms with Gasteiger partial charge in [-0.15, -0.1) is 11.8 Å². The van der Waals surface area contributed by atoms with Crippen LogP contribution in [0.5, 0.6) is 0 Å². The van der Waals surface area contributed by atoms with Gasteiger partial charge in [-0.05, 0) is 74.5 Å². The lowest BCUT2D eigenvalue weighted by atomic mass is 10.1. The zero-order chi connectivity index (χ0) is 18.4. The minimum atomic E-state index is 0.738. The van der Waals surface area contributed by atoms with Gasteiger partial charge in [0, 0.05) is 35.6 Å². The number of benzene rings is 2. The van der Waals surface area contributed by atoms with E-state index in [1.165, 1.54) is 41.8 Å². The van der Waals surface area contributed by atoms with Crippen molar-refractivity contribution in [2.45, 2.75) is 43.3 Å². The Labute approximate surface area is 167 Å². The van der Waals surface area contributed by atoms with Gasteiger partial charge in [0.05, 0.1) is 0 Å². The highest BCUT2D eigenvalue weighted by Gasteiger charge is 2.21. The van der Waals surface area contributed by atoms with Crippen molar-refractivity contribution in [2.24, 2.45) is 0 Å². The summed E-state index contributed by atoms with van der Waals surface area (Å²) in [6.45, 7) is 4.34. The molecule has 0 N–H and O–H groups in total. The van der Waals surface area contributed by atoms with Crippen LogP contribution in [0.25, 0.3) is 0 Å². The fourth-order valence-electron chi connectivity index (χ4n) is 3.73. The van der Waals surface area contributed by atoms with E-state index in [2.05, 4.69) is 59.5 Å². The largest absolute Gasteiger partial charge is 0.303 e. The molecular formula is C22H29ClN2S. The van der Waals surface area contributed by atoms with Gasteiger partial charge in [-0.1, -0.05) is 35.9 Å². The summed E-state index contributed by atoms with van der Waals surface area (Å²) in [5, 5.41) is 0.806. The van der Waals surface area contributed by atoms with Crippen LogP contribution in [-0.4, -0.2) is 42.2 Å². The number of nitrogens with zero attached hydrogens (tertiary/aromatic N) is 2. The highest BCUT2D eigenvalue weighted by atomic mass is 35.5. The van der Waals surface area contributed by atoms with Gasteiger partial charge in [-0.25, -0.2) is 0 Å². The standard InChI is InChI=1S/C22H29ClN2S/c1-24-14-3-4-21(24)13-15-25(16-18-5-9-20(23)10-6-18)17-19-7-11-22(26-2)12-8-19/h5-12,21H,3-4,13-17H2,1-2H3. The van der Waals surface area contributed by atoms with Gasteiger partial charge in [0.15, 0.2) is 0 Å². The maximum Gasteiger partial charge on any atom is 0.0406 e. The maximum absolute atomic E-state index is 6.05. The molecule has 3 rings (SSSR count). The highest BCUT2D eigenvalue weighted by Crippen LogP contribution is 2.21. The van der Waals surface area contributed by atoms with Crippen LogP contribution in [0.2, 0.25) is 5.02 Å². The van der Waals surface area contributed by atoms with E-state index in [0.717, 1.165) is 30.7 Å². The Bertz CT molecular complexity index is 672. The lowest BCUT2D eigenvalue weighted by Gasteiger charge is -2.26. The van der Waals surface area contributed by atoms with Crippen molar-refractivity contribution in [2.75, 3.05) is 26.4 Å². The summed E-state index contributed by atoms with van der Waals surface area (Å²) in [7, 11) is 2.27. The summed E-state index contributed by atoms with van der Waals surface area (Å²) in [6.07, 6.45) is 6.05. The molecule has 2 aromatic carbocycles. The van der Waals surface area contributed by atoms with E-state index in [4.69, 9.17) is 11.6 Å². The molecule has 1 fully saturated rings. The second-order valence-electron chi connectivity index (χ2n) is 7.25. The van der Waals surface area contributed by atoms with Crippen LogP contribution in [0.1, 0.15) is 30.4 Å². The Morgan fingerprint density at radius 1 is 1.04 bits per heavy atom. The first kappa shape index (κ1) is 19.8. The molecule has 0 aliphatic carbocycles. The molecule has 0 radical (unpaired) electrons. The van der Waals surface area contributed by atoms with Crippen LogP contribution < -0.4 is 0 Å². The van der Waals surface area contributed by atoms with E-state index in [1.54, 1.807) is 11.8 Å². The van der Waals surface area contributed by atoms with Crippen molar-refractivity contribution in [1.82, 2.24) is 9.80 Å². The van der Waals surface area contributed by atoms with Crippen molar-refractivity contribution in [1.29, 1.82) is 0 Å². The SMILES string of the molecule is CSc1ccc(CN(CCC2CCCN2C)Cc2ccc(Cl)cc2)cc1. The van der Waals surface area contributed by atoms with Gasteiger partial charge in [-0.2, -0.15) is 0 Å². The molecule has 2 nitrogen and oxygen atoms in total. The van der Waals surface area contributed by atoms with Crippen molar-refractivity contribution in [3.05, 3.63) is 64.7 Å². The number of rotatable bonds is 8. The lowest BCUT2D eigenvalue weighted by molar-refractivity contribution is 0.211. The second kappa shape index (κ2) is 9.80. The Balaban J connectivity index is 1.65. The molecule has 0 saturated carbocycles. The quantitative estimate of drug-likeness (QED) is 0.547. The molecule has 1 aliphatic heterocycles. The van der Waals surface area contributed by atoms with Gasteiger partial charge in [-0.3, -0.25) is 4.90 Å². The summed E-state index contributed by atoms with van der Waals surface area (Å²) in [5.74, 6) is 0. The molecule has 0 amide bonds. The van der Waals surface area contributed by atoms with Crippen LogP contribution in [0.15, 0.2) is 53.4 Å². The summed E-state index contributed by atoms with van der Waals surface area (Å²) < 4.78 is 0. The van der Waals surface area contributed by atoms with Gasteiger partial charge < -0.3 is 4.90 Å². The molecule has 1 atom stereocenters. The highest BCUT2D eigenvalue weighted by molar-refractivity contribution is 7.98. The monoisotopic (exact) mass is 388 g/mol. The molecule has 140 valence electrons. The minimum absolute atomic E-state index is 0.738. The van der Waals surface area contributed by atoms with Gasteiger partial charge >= 0.3 is 0 Å². The molecule has 0 spiro atoms.